The Balaban J connectivity index is 2.91. The predicted molar refractivity (Wildman–Crippen MR) is 40.6 cm³/mol. The summed E-state index contributed by atoms with van der Waals surface area (Å²) in [6, 6.07) is 4.59. The van der Waals surface area contributed by atoms with Crippen molar-refractivity contribution in [3.05, 3.63) is 30.3 Å². The van der Waals surface area contributed by atoms with Crippen molar-refractivity contribution in [1.82, 2.24) is 0 Å². The van der Waals surface area contributed by atoms with E-state index >= 15 is 0 Å². The third-order valence-corrected chi connectivity index (χ3v) is 1.53. The first kappa shape index (κ1) is 6.22. The summed E-state index contributed by atoms with van der Waals surface area (Å²) in [4.78, 5) is 0. The van der Waals surface area contributed by atoms with E-state index in [1.165, 1.54) is 12.3 Å². The molecule has 0 aliphatic carbocycles. The van der Waals surface area contributed by atoms with Gasteiger partial charge in [-0.05, 0) is 12.1 Å². The maximum Gasteiger partial charge on any atom is 0.169 e. The molecule has 0 aliphatic rings. The van der Waals surface area contributed by atoms with Gasteiger partial charge < -0.3 is 10.2 Å². The average Bonchev–Trinajstić information content (AvgIpc) is 2.34. The van der Waals surface area contributed by atoms with Crippen LogP contribution in [-0.2, 0) is 0 Å². The van der Waals surface area contributed by atoms with E-state index in [2.05, 4.69) is 0 Å². The minimum Gasteiger partial charge on any atom is -0.461 e. The first-order valence-electron chi connectivity index (χ1n) is 3.19. The Morgan fingerprint density at radius 3 is 3.00 bits per heavy atom. The summed E-state index contributed by atoms with van der Waals surface area (Å²) >= 11 is 0. The van der Waals surface area contributed by atoms with E-state index in [1.807, 2.05) is 0 Å². The molecular weight excluding hydrogens is 145 g/mol. The van der Waals surface area contributed by atoms with Crippen LogP contribution in [0.2, 0.25) is 0 Å². The van der Waals surface area contributed by atoms with Crippen LogP contribution in [-0.4, -0.2) is 0 Å². The van der Waals surface area contributed by atoms with Crippen LogP contribution in [0.5, 0.6) is 0 Å². The molecule has 1 heterocycles. The molecule has 0 aliphatic heterocycles. The van der Waals surface area contributed by atoms with Gasteiger partial charge in [0, 0.05) is 17.1 Å². The summed E-state index contributed by atoms with van der Waals surface area (Å²) in [5.41, 5.74) is 6.08. The van der Waals surface area contributed by atoms with Gasteiger partial charge in [-0.2, -0.15) is 0 Å². The molecule has 0 atom stereocenters. The van der Waals surface area contributed by atoms with E-state index in [0.29, 0.717) is 11.1 Å². The second-order valence-electron chi connectivity index (χ2n) is 2.34. The van der Waals surface area contributed by atoms with Crippen LogP contribution in [0.3, 0.4) is 0 Å². The van der Waals surface area contributed by atoms with Gasteiger partial charge in [0.1, 0.15) is 0 Å². The van der Waals surface area contributed by atoms with Crippen molar-refractivity contribution >= 4 is 16.7 Å². The monoisotopic (exact) mass is 151 g/mol. The SMILES string of the molecule is Nc1cc(F)c2occc2c1. The molecule has 2 nitrogen and oxygen atoms in total. The predicted octanol–water partition coefficient (Wildman–Crippen LogP) is 2.15. The summed E-state index contributed by atoms with van der Waals surface area (Å²) in [5.74, 6) is -0.412. The van der Waals surface area contributed by atoms with E-state index in [9.17, 15) is 4.39 Å². The second kappa shape index (κ2) is 1.99. The number of nitrogens with two attached hydrogens (primary N) is 1. The third-order valence-electron chi connectivity index (χ3n) is 1.53. The molecule has 0 unspecified atom stereocenters. The molecule has 0 bridgehead atoms. The highest BCUT2D eigenvalue weighted by atomic mass is 19.1. The topological polar surface area (TPSA) is 39.2 Å². The average molecular weight is 151 g/mol. The van der Waals surface area contributed by atoms with E-state index < -0.39 is 5.82 Å². The molecule has 3 heteroatoms. The smallest absolute Gasteiger partial charge is 0.169 e. The number of anilines is 1. The lowest BCUT2D eigenvalue weighted by atomic mass is 10.2. The van der Waals surface area contributed by atoms with Gasteiger partial charge in [-0.25, -0.2) is 4.39 Å². The number of hydrogen-bond acceptors (Lipinski definition) is 2. The zero-order valence-electron chi connectivity index (χ0n) is 5.67. The Morgan fingerprint density at radius 1 is 1.36 bits per heavy atom. The highest BCUT2D eigenvalue weighted by Gasteiger charge is 2.03. The van der Waals surface area contributed by atoms with Crippen LogP contribution in [0, 0.1) is 5.82 Å². The number of fused-ring (bicyclic) bond motifs is 1. The van der Waals surface area contributed by atoms with Gasteiger partial charge in [0.15, 0.2) is 11.4 Å². The molecule has 2 aromatic rings. The van der Waals surface area contributed by atoms with Gasteiger partial charge in [-0.15, -0.1) is 0 Å². The Morgan fingerprint density at radius 2 is 2.18 bits per heavy atom. The van der Waals surface area contributed by atoms with E-state index in [1.54, 1.807) is 12.1 Å². The molecule has 2 rings (SSSR count). The molecule has 56 valence electrons. The number of furan rings is 1. The largest absolute Gasteiger partial charge is 0.461 e. The summed E-state index contributed by atoms with van der Waals surface area (Å²) in [6.45, 7) is 0. The Bertz CT molecular complexity index is 394. The molecule has 0 spiro atoms. The fourth-order valence-corrected chi connectivity index (χ4v) is 1.06. The first-order valence-corrected chi connectivity index (χ1v) is 3.19. The first-order chi connectivity index (χ1) is 5.27. The van der Waals surface area contributed by atoms with Crippen LogP contribution >= 0.6 is 0 Å². The minimum atomic E-state index is -0.412. The molecule has 1 aromatic heterocycles. The standard InChI is InChI=1S/C8H6FNO/c9-7-4-6(10)3-5-1-2-11-8(5)7/h1-4H,10H2. The molecule has 11 heavy (non-hydrogen) atoms. The van der Waals surface area contributed by atoms with E-state index in [4.69, 9.17) is 10.2 Å². The van der Waals surface area contributed by atoms with E-state index in [0.717, 1.165) is 0 Å². The normalized spacial score (nSPS) is 10.6. The lowest BCUT2D eigenvalue weighted by molar-refractivity contribution is 0.560. The van der Waals surface area contributed by atoms with Crippen LogP contribution in [0.15, 0.2) is 28.9 Å². The highest BCUT2D eigenvalue weighted by Crippen LogP contribution is 2.21. The number of hydrogen-bond donors (Lipinski definition) is 1. The quantitative estimate of drug-likeness (QED) is 0.586. The molecule has 0 saturated heterocycles. The third kappa shape index (κ3) is 0.852. The molecule has 0 saturated carbocycles. The molecule has 0 amide bonds. The van der Waals surface area contributed by atoms with Crippen LogP contribution < -0.4 is 5.73 Å². The number of benzene rings is 1. The second-order valence-corrected chi connectivity index (χ2v) is 2.34. The van der Waals surface area contributed by atoms with Crippen LogP contribution in [0.1, 0.15) is 0 Å². The maximum absolute atomic E-state index is 12.9. The lowest BCUT2D eigenvalue weighted by Crippen LogP contribution is -1.85. The summed E-state index contributed by atoms with van der Waals surface area (Å²) in [7, 11) is 0. The lowest BCUT2D eigenvalue weighted by Gasteiger charge is -1.93. The van der Waals surface area contributed by atoms with Gasteiger partial charge in [-0.3, -0.25) is 0 Å². The minimum absolute atomic E-state index is 0.263. The molecule has 0 fully saturated rings. The van der Waals surface area contributed by atoms with Crippen molar-refractivity contribution < 1.29 is 8.81 Å². The maximum atomic E-state index is 12.9. The van der Waals surface area contributed by atoms with Crippen molar-refractivity contribution in [2.75, 3.05) is 5.73 Å². The van der Waals surface area contributed by atoms with Crippen molar-refractivity contribution in [2.45, 2.75) is 0 Å². The summed E-state index contributed by atoms with van der Waals surface area (Å²) in [6.07, 6.45) is 1.44. The number of nitrogen functional groups attached to an aromatic ring is 1. The zero-order chi connectivity index (χ0) is 7.84. The van der Waals surface area contributed by atoms with Crippen molar-refractivity contribution in [2.24, 2.45) is 0 Å². The molecule has 1 aromatic carbocycles. The molecule has 0 radical (unpaired) electrons. The fourth-order valence-electron chi connectivity index (χ4n) is 1.06. The number of halogens is 1. The Labute approximate surface area is 62.4 Å². The van der Waals surface area contributed by atoms with Gasteiger partial charge in [0.2, 0.25) is 0 Å². The van der Waals surface area contributed by atoms with Crippen LogP contribution in [0.25, 0.3) is 11.0 Å². The van der Waals surface area contributed by atoms with Gasteiger partial charge in [-0.1, -0.05) is 0 Å². The van der Waals surface area contributed by atoms with E-state index in [-0.39, 0.29) is 5.58 Å². The number of rotatable bonds is 0. The fraction of sp³-hybridized carbons (Fsp3) is 0. The molecular formula is C8H6FNO. The molecule has 2 N–H and O–H groups in total. The summed E-state index contributed by atoms with van der Waals surface area (Å²) < 4.78 is 17.8. The van der Waals surface area contributed by atoms with Crippen LogP contribution in [0.4, 0.5) is 10.1 Å². The zero-order valence-corrected chi connectivity index (χ0v) is 5.67. The van der Waals surface area contributed by atoms with Crippen molar-refractivity contribution in [1.29, 1.82) is 0 Å². The van der Waals surface area contributed by atoms with Gasteiger partial charge in [0.05, 0.1) is 6.26 Å². The highest BCUT2D eigenvalue weighted by molar-refractivity contribution is 5.81. The van der Waals surface area contributed by atoms with Crippen molar-refractivity contribution in [3.63, 3.8) is 0 Å². The van der Waals surface area contributed by atoms with Gasteiger partial charge in [0.25, 0.3) is 0 Å². The van der Waals surface area contributed by atoms with Crippen molar-refractivity contribution in [3.8, 4) is 0 Å². The Hall–Kier alpha value is -1.51. The Kier molecular flexibility index (Phi) is 1.12. The summed E-state index contributed by atoms with van der Waals surface area (Å²) in [5, 5.41) is 0.697. The van der Waals surface area contributed by atoms with Gasteiger partial charge >= 0.3 is 0 Å².